The third-order valence-electron chi connectivity index (χ3n) is 4.88. The molecule has 0 N–H and O–H groups in total. The number of Topliss-reactive ketones (excluding diaryl/α,β-unsaturated/α-hetero) is 1. The highest BCUT2D eigenvalue weighted by Gasteiger charge is 2.35. The summed E-state index contributed by atoms with van der Waals surface area (Å²) >= 11 is 0. The Morgan fingerprint density at radius 3 is 2.63 bits per heavy atom. The van der Waals surface area contributed by atoms with E-state index in [4.69, 9.17) is 4.74 Å². The van der Waals surface area contributed by atoms with Gasteiger partial charge in [0, 0.05) is 18.7 Å². The number of aldehydes is 1. The molecule has 0 saturated carbocycles. The molecule has 4 rings (SSSR count). The Kier molecular flexibility index (Phi) is 5.38. The van der Waals surface area contributed by atoms with Gasteiger partial charge in [-0.3, -0.25) is 19.1 Å². The number of ether oxygens (including phenoxy) is 1. The van der Waals surface area contributed by atoms with Crippen LogP contribution < -0.4 is 9.64 Å². The van der Waals surface area contributed by atoms with Crippen LogP contribution in [0.3, 0.4) is 0 Å². The molecule has 3 aromatic rings. The normalized spacial score (nSPS) is 12.9. The van der Waals surface area contributed by atoms with Crippen LogP contribution in [0.5, 0.6) is 5.75 Å². The van der Waals surface area contributed by atoms with Crippen LogP contribution >= 0.6 is 0 Å². The van der Waals surface area contributed by atoms with Crippen LogP contribution in [0.15, 0.2) is 48.7 Å². The Morgan fingerprint density at radius 2 is 1.87 bits per heavy atom. The predicted molar refractivity (Wildman–Crippen MR) is 109 cm³/mol. The van der Waals surface area contributed by atoms with Gasteiger partial charge < -0.3 is 9.64 Å². The van der Waals surface area contributed by atoms with Crippen LogP contribution in [-0.4, -0.2) is 39.5 Å². The van der Waals surface area contributed by atoms with E-state index < -0.39 is 11.7 Å². The largest absolute Gasteiger partial charge is 0.487 e. The van der Waals surface area contributed by atoms with E-state index in [1.807, 2.05) is 19.1 Å². The molecule has 8 nitrogen and oxygen atoms in total. The lowest BCUT2D eigenvalue weighted by Crippen LogP contribution is -2.31. The number of aryl methyl sites for hydroxylation is 2. The molecule has 2 aromatic carbocycles. The SMILES string of the molecule is Cc1ccc2c(c1)C(=O)C(=O)N2CCCn1cc(COc2ccc(C=O)cc2)nn1. The maximum Gasteiger partial charge on any atom is 0.299 e. The van der Waals surface area contributed by atoms with Crippen LogP contribution in [0.4, 0.5) is 5.69 Å². The molecule has 30 heavy (non-hydrogen) atoms. The summed E-state index contributed by atoms with van der Waals surface area (Å²) in [5.74, 6) is -0.291. The zero-order valence-corrected chi connectivity index (χ0v) is 16.4. The zero-order valence-electron chi connectivity index (χ0n) is 16.4. The van der Waals surface area contributed by atoms with Crippen molar-refractivity contribution in [2.24, 2.45) is 0 Å². The number of anilines is 1. The van der Waals surface area contributed by atoms with Gasteiger partial charge in [0.05, 0.1) is 17.4 Å². The van der Waals surface area contributed by atoms with Crippen LogP contribution in [0.25, 0.3) is 0 Å². The molecule has 2 heterocycles. The maximum absolute atomic E-state index is 12.3. The number of benzene rings is 2. The number of carbonyl (C=O) groups excluding carboxylic acids is 3. The topological polar surface area (TPSA) is 94.4 Å². The van der Waals surface area contributed by atoms with E-state index in [1.54, 1.807) is 41.2 Å². The van der Waals surface area contributed by atoms with E-state index >= 15 is 0 Å². The second kappa shape index (κ2) is 8.28. The first-order valence-electron chi connectivity index (χ1n) is 9.59. The number of hydrogen-bond acceptors (Lipinski definition) is 6. The van der Waals surface area contributed by atoms with Crippen molar-refractivity contribution in [2.75, 3.05) is 11.4 Å². The molecule has 1 aliphatic heterocycles. The van der Waals surface area contributed by atoms with E-state index in [0.717, 1.165) is 11.8 Å². The number of hydrogen-bond donors (Lipinski definition) is 0. The van der Waals surface area contributed by atoms with Gasteiger partial charge in [0.1, 0.15) is 24.3 Å². The highest BCUT2D eigenvalue weighted by molar-refractivity contribution is 6.52. The van der Waals surface area contributed by atoms with Crippen molar-refractivity contribution < 1.29 is 19.1 Å². The number of rotatable bonds is 8. The van der Waals surface area contributed by atoms with Crippen molar-refractivity contribution >= 4 is 23.7 Å². The van der Waals surface area contributed by atoms with E-state index in [0.29, 0.717) is 47.8 Å². The summed E-state index contributed by atoms with van der Waals surface area (Å²) in [4.78, 5) is 36.7. The van der Waals surface area contributed by atoms with Gasteiger partial charge in [0.2, 0.25) is 0 Å². The maximum atomic E-state index is 12.3. The molecule has 0 aliphatic carbocycles. The fourth-order valence-electron chi connectivity index (χ4n) is 3.34. The summed E-state index contributed by atoms with van der Waals surface area (Å²) in [5, 5.41) is 8.17. The molecule has 0 unspecified atom stereocenters. The molecule has 1 aromatic heterocycles. The van der Waals surface area contributed by atoms with Crippen LogP contribution in [0.2, 0.25) is 0 Å². The molecular formula is C22H20N4O4. The average Bonchev–Trinajstić information content (AvgIpc) is 3.31. The Morgan fingerprint density at radius 1 is 1.07 bits per heavy atom. The first-order valence-corrected chi connectivity index (χ1v) is 9.59. The van der Waals surface area contributed by atoms with Gasteiger partial charge in [-0.2, -0.15) is 0 Å². The average molecular weight is 404 g/mol. The third kappa shape index (κ3) is 3.98. The van der Waals surface area contributed by atoms with Crippen molar-refractivity contribution in [1.29, 1.82) is 0 Å². The second-order valence-electron chi connectivity index (χ2n) is 7.11. The minimum atomic E-state index is -0.483. The lowest BCUT2D eigenvalue weighted by molar-refractivity contribution is -0.114. The van der Waals surface area contributed by atoms with Gasteiger partial charge in [0.25, 0.3) is 11.7 Å². The van der Waals surface area contributed by atoms with Gasteiger partial charge in [-0.1, -0.05) is 16.8 Å². The van der Waals surface area contributed by atoms with E-state index in [1.165, 1.54) is 4.90 Å². The molecule has 0 saturated heterocycles. The van der Waals surface area contributed by atoms with Gasteiger partial charge in [-0.25, -0.2) is 0 Å². The van der Waals surface area contributed by atoms with E-state index in [-0.39, 0.29) is 6.61 Å². The summed E-state index contributed by atoms with van der Waals surface area (Å²) in [6.45, 7) is 3.13. The molecule has 8 heteroatoms. The standard InChI is InChI=1S/C22H20N4O4/c1-15-3-8-20-19(11-15)21(28)22(29)26(20)10-2-9-25-12-17(23-24-25)14-30-18-6-4-16(13-27)5-7-18/h3-8,11-13H,2,9-10,14H2,1H3. The van der Waals surface area contributed by atoms with Gasteiger partial charge in [-0.15, -0.1) is 5.10 Å². The third-order valence-corrected chi connectivity index (χ3v) is 4.88. The highest BCUT2D eigenvalue weighted by atomic mass is 16.5. The van der Waals surface area contributed by atoms with Crippen molar-refractivity contribution in [3.05, 3.63) is 71.0 Å². The summed E-state index contributed by atoms with van der Waals surface area (Å²) in [7, 11) is 0. The second-order valence-corrected chi connectivity index (χ2v) is 7.11. The van der Waals surface area contributed by atoms with Crippen molar-refractivity contribution in [2.45, 2.75) is 26.5 Å². The Hall–Kier alpha value is -3.81. The van der Waals surface area contributed by atoms with Crippen molar-refractivity contribution in [3.8, 4) is 5.75 Å². The number of aromatic nitrogens is 3. The Labute approximate surface area is 173 Å². The van der Waals surface area contributed by atoms with E-state index in [2.05, 4.69) is 10.3 Å². The Balaban J connectivity index is 1.30. The summed E-state index contributed by atoms with van der Waals surface area (Å²) < 4.78 is 7.33. The Bertz CT molecular complexity index is 1100. The lowest BCUT2D eigenvalue weighted by atomic mass is 10.1. The molecule has 0 radical (unpaired) electrons. The number of carbonyl (C=O) groups is 3. The minimum Gasteiger partial charge on any atom is -0.487 e. The van der Waals surface area contributed by atoms with Gasteiger partial charge in [0.15, 0.2) is 0 Å². The molecule has 0 atom stereocenters. The van der Waals surface area contributed by atoms with Crippen LogP contribution in [0.1, 0.15) is 38.4 Å². The molecule has 1 aliphatic rings. The smallest absolute Gasteiger partial charge is 0.299 e. The molecule has 1 amide bonds. The van der Waals surface area contributed by atoms with Crippen molar-refractivity contribution in [1.82, 2.24) is 15.0 Å². The molecular weight excluding hydrogens is 384 g/mol. The van der Waals surface area contributed by atoms with Crippen LogP contribution in [0, 0.1) is 6.92 Å². The fourth-order valence-corrected chi connectivity index (χ4v) is 3.34. The van der Waals surface area contributed by atoms with Crippen molar-refractivity contribution in [3.63, 3.8) is 0 Å². The number of ketones is 1. The summed E-state index contributed by atoms with van der Waals surface area (Å²) in [6.07, 6.45) is 3.19. The predicted octanol–water partition coefficient (Wildman–Crippen LogP) is 2.60. The summed E-state index contributed by atoms with van der Waals surface area (Å²) in [5.41, 5.74) is 3.35. The number of nitrogens with zero attached hydrogens (tertiary/aromatic N) is 4. The minimum absolute atomic E-state index is 0.256. The van der Waals surface area contributed by atoms with E-state index in [9.17, 15) is 14.4 Å². The molecule has 0 fully saturated rings. The zero-order chi connectivity index (χ0) is 21.1. The molecule has 0 spiro atoms. The fraction of sp³-hybridized carbons (Fsp3) is 0.227. The first kappa shape index (κ1) is 19.5. The monoisotopic (exact) mass is 404 g/mol. The quantitative estimate of drug-likeness (QED) is 0.423. The lowest BCUT2D eigenvalue weighted by Gasteiger charge is -2.16. The van der Waals surface area contributed by atoms with Gasteiger partial charge >= 0.3 is 0 Å². The number of fused-ring (bicyclic) bond motifs is 1. The first-order chi connectivity index (χ1) is 14.5. The highest BCUT2D eigenvalue weighted by Crippen LogP contribution is 2.29. The molecule has 0 bridgehead atoms. The van der Waals surface area contributed by atoms with Gasteiger partial charge in [-0.05, 0) is 49.7 Å². The molecule has 152 valence electrons. The van der Waals surface area contributed by atoms with Crippen LogP contribution in [-0.2, 0) is 17.9 Å². The summed E-state index contributed by atoms with van der Waals surface area (Å²) in [6, 6.07) is 12.3. The number of amides is 1.